The zero-order chi connectivity index (χ0) is 19.0. The van der Waals surface area contributed by atoms with Crippen LogP contribution in [0, 0.1) is 11.6 Å². The number of fused-ring (bicyclic) bond motifs is 1. The number of nitrogens with zero attached hydrogens (tertiary/aromatic N) is 2. The number of nitrogens with two attached hydrogens (primary N) is 1. The van der Waals surface area contributed by atoms with E-state index in [1.807, 2.05) is 24.4 Å². The summed E-state index contributed by atoms with van der Waals surface area (Å²) in [5, 5.41) is 4.49. The smallest absolute Gasteiger partial charge is 0.251 e. The number of amides is 1. The van der Waals surface area contributed by atoms with Crippen molar-refractivity contribution in [2.75, 3.05) is 0 Å². The lowest BCUT2D eigenvalue weighted by Crippen LogP contribution is -2.13. The van der Waals surface area contributed by atoms with Crippen molar-refractivity contribution in [1.82, 2.24) is 9.61 Å². The summed E-state index contributed by atoms with van der Waals surface area (Å²) >= 11 is 0. The second-order valence-corrected chi connectivity index (χ2v) is 6.30. The summed E-state index contributed by atoms with van der Waals surface area (Å²) in [7, 11) is 0. The summed E-state index contributed by atoms with van der Waals surface area (Å²) in [6, 6.07) is 16.3. The number of aromatic nitrogens is 2. The zero-order valence-corrected chi connectivity index (χ0v) is 14.2. The molecule has 0 atom stereocenters. The van der Waals surface area contributed by atoms with Gasteiger partial charge in [0.25, 0.3) is 5.91 Å². The van der Waals surface area contributed by atoms with Crippen LogP contribution in [0.3, 0.4) is 0 Å². The van der Waals surface area contributed by atoms with E-state index in [0.717, 1.165) is 27.9 Å². The van der Waals surface area contributed by atoms with E-state index in [0.29, 0.717) is 6.42 Å². The van der Waals surface area contributed by atoms with Crippen LogP contribution >= 0.6 is 0 Å². The van der Waals surface area contributed by atoms with Crippen LogP contribution in [0.15, 0.2) is 66.9 Å². The summed E-state index contributed by atoms with van der Waals surface area (Å²) in [6.45, 7) is 0. The molecule has 2 aromatic carbocycles. The maximum absolute atomic E-state index is 13.9. The Morgan fingerprint density at radius 3 is 2.41 bits per heavy atom. The van der Waals surface area contributed by atoms with E-state index < -0.39 is 11.7 Å². The van der Waals surface area contributed by atoms with Gasteiger partial charge in [-0.15, -0.1) is 0 Å². The van der Waals surface area contributed by atoms with Crippen LogP contribution in [0.2, 0.25) is 0 Å². The minimum Gasteiger partial charge on any atom is -0.366 e. The Balaban J connectivity index is 1.63. The standard InChI is InChI=1S/C21H15F2N3O/c22-16-4-2-15(3-5-16)20-12-17-10-14(7-8-26(17)25-20)9-13-1-6-18(21(24)27)19(23)11-13/h1-8,10-12H,9H2,(H2,24,27). The molecule has 27 heavy (non-hydrogen) atoms. The molecule has 0 unspecified atom stereocenters. The third kappa shape index (κ3) is 3.42. The van der Waals surface area contributed by atoms with Gasteiger partial charge >= 0.3 is 0 Å². The fraction of sp³-hybridized carbons (Fsp3) is 0.0476. The van der Waals surface area contributed by atoms with Crippen molar-refractivity contribution in [1.29, 1.82) is 0 Å². The number of hydrogen-bond acceptors (Lipinski definition) is 2. The topological polar surface area (TPSA) is 60.4 Å². The first kappa shape index (κ1) is 16.9. The van der Waals surface area contributed by atoms with Gasteiger partial charge in [0.1, 0.15) is 11.6 Å². The molecular formula is C21H15F2N3O. The van der Waals surface area contributed by atoms with E-state index in [4.69, 9.17) is 5.73 Å². The van der Waals surface area contributed by atoms with Gasteiger partial charge in [-0.05, 0) is 72.1 Å². The van der Waals surface area contributed by atoms with E-state index in [1.54, 1.807) is 22.7 Å². The molecule has 4 rings (SSSR count). The van der Waals surface area contributed by atoms with Gasteiger partial charge in [0, 0.05) is 11.8 Å². The number of halogens is 2. The van der Waals surface area contributed by atoms with E-state index >= 15 is 0 Å². The molecule has 0 aliphatic heterocycles. The Morgan fingerprint density at radius 2 is 1.70 bits per heavy atom. The number of primary amides is 1. The van der Waals surface area contributed by atoms with Gasteiger partial charge in [0.15, 0.2) is 0 Å². The minimum absolute atomic E-state index is 0.117. The molecule has 0 aliphatic carbocycles. The molecule has 0 saturated heterocycles. The highest BCUT2D eigenvalue weighted by Crippen LogP contribution is 2.22. The first-order valence-corrected chi connectivity index (χ1v) is 8.32. The third-order valence-corrected chi connectivity index (χ3v) is 4.37. The van der Waals surface area contributed by atoms with Gasteiger partial charge in [-0.25, -0.2) is 13.3 Å². The second kappa shape index (κ2) is 6.64. The van der Waals surface area contributed by atoms with Crippen molar-refractivity contribution in [2.45, 2.75) is 6.42 Å². The Kier molecular flexibility index (Phi) is 4.16. The molecule has 134 valence electrons. The molecule has 4 aromatic rings. The van der Waals surface area contributed by atoms with Crippen molar-refractivity contribution in [3.63, 3.8) is 0 Å². The molecule has 6 heteroatoms. The highest BCUT2D eigenvalue weighted by atomic mass is 19.1. The lowest BCUT2D eigenvalue weighted by atomic mass is 10.0. The van der Waals surface area contributed by atoms with Gasteiger partial charge in [-0.3, -0.25) is 4.79 Å². The first-order chi connectivity index (χ1) is 13.0. The summed E-state index contributed by atoms with van der Waals surface area (Å²) in [5.41, 5.74) is 9.16. The molecule has 2 heterocycles. The van der Waals surface area contributed by atoms with Crippen molar-refractivity contribution in [3.05, 3.63) is 95.2 Å². The number of carbonyl (C=O) groups excluding carboxylic acids is 1. The van der Waals surface area contributed by atoms with Gasteiger partial charge < -0.3 is 5.73 Å². The molecule has 0 spiro atoms. The number of rotatable bonds is 4. The predicted molar refractivity (Wildman–Crippen MR) is 98.3 cm³/mol. The molecule has 0 saturated carbocycles. The van der Waals surface area contributed by atoms with Crippen LogP contribution in [0.5, 0.6) is 0 Å². The number of pyridine rings is 1. The highest BCUT2D eigenvalue weighted by molar-refractivity contribution is 5.93. The fourth-order valence-corrected chi connectivity index (χ4v) is 3.02. The van der Waals surface area contributed by atoms with Crippen molar-refractivity contribution < 1.29 is 13.6 Å². The molecule has 1 amide bonds. The molecule has 0 aliphatic rings. The fourth-order valence-electron chi connectivity index (χ4n) is 3.02. The van der Waals surface area contributed by atoms with Crippen LogP contribution in [0.25, 0.3) is 16.8 Å². The summed E-state index contributed by atoms with van der Waals surface area (Å²) in [6.07, 6.45) is 2.33. The van der Waals surface area contributed by atoms with Crippen molar-refractivity contribution in [2.24, 2.45) is 5.73 Å². The van der Waals surface area contributed by atoms with Gasteiger partial charge in [-0.1, -0.05) is 6.07 Å². The Hall–Kier alpha value is -3.54. The van der Waals surface area contributed by atoms with E-state index in [-0.39, 0.29) is 11.4 Å². The summed E-state index contributed by atoms with van der Waals surface area (Å²) < 4.78 is 28.8. The number of carbonyl (C=O) groups is 1. The number of hydrogen-bond donors (Lipinski definition) is 1. The average Bonchev–Trinajstić information content (AvgIpc) is 3.05. The molecule has 2 N–H and O–H groups in total. The van der Waals surface area contributed by atoms with Crippen molar-refractivity contribution in [3.8, 4) is 11.3 Å². The maximum Gasteiger partial charge on any atom is 0.251 e. The molecule has 0 radical (unpaired) electrons. The maximum atomic E-state index is 13.9. The van der Waals surface area contributed by atoms with Gasteiger partial charge in [-0.2, -0.15) is 5.10 Å². The monoisotopic (exact) mass is 363 g/mol. The number of benzene rings is 2. The Bertz CT molecular complexity index is 1150. The SMILES string of the molecule is NC(=O)c1ccc(Cc2ccn3nc(-c4ccc(F)cc4)cc3c2)cc1F. The largest absolute Gasteiger partial charge is 0.366 e. The summed E-state index contributed by atoms with van der Waals surface area (Å²) in [4.78, 5) is 11.1. The van der Waals surface area contributed by atoms with Crippen LogP contribution in [-0.4, -0.2) is 15.5 Å². The summed E-state index contributed by atoms with van der Waals surface area (Å²) in [5.74, 6) is -1.70. The molecule has 0 bridgehead atoms. The Labute approximate surface area is 153 Å². The van der Waals surface area contributed by atoms with Gasteiger partial charge in [0.2, 0.25) is 0 Å². The highest BCUT2D eigenvalue weighted by Gasteiger charge is 2.10. The predicted octanol–water partition coefficient (Wildman–Crippen LogP) is 3.97. The molecule has 4 nitrogen and oxygen atoms in total. The third-order valence-electron chi connectivity index (χ3n) is 4.37. The lowest BCUT2D eigenvalue weighted by molar-refractivity contribution is 0.0996. The zero-order valence-electron chi connectivity index (χ0n) is 14.2. The first-order valence-electron chi connectivity index (χ1n) is 8.32. The van der Waals surface area contributed by atoms with Gasteiger partial charge in [0.05, 0.1) is 16.8 Å². The molecule has 0 fully saturated rings. The van der Waals surface area contributed by atoms with Crippen LogP contribution in [0.4, 0.5) is 8.78 Å². The van der Waals surface area contributed by atoms with Crippen LogP contribution in [0.1, 0.15) is 21.5 Å². The minimum atomic E-state index is -0.784. The van der Waals surface area contributed by atoms with Crippen LogP contribution in [-0.2, 0) is 6.42 Å². The Morgan fingerprint density at radius 1 is 0.963 bits per heavy atom. The lowest BCUT2D eigenvalue weighted by Gasteiger charge is -2.05. The van der Waals surface area contributed by atoms with Crippen molar-refractivity contribution >= 4 is 11.4 Å². The van der Waals surface area contributed by atoms with E-state index in [2.05, 4.69) is 5.10 Å². The average molecular weight is 363 g/mol. The normalized spacial score (nSPS) is 11.0. The molecule has 2 aromatic heterocycles. The van der Waals surface area contributed by atoms with E-state index in [1.165, 1.54) is 24.3 Å². The quantitative estimate of drug-likeness (QED) is 0.596. The molecular weight excluding hydrogens is 348 g/mol. The second-order valence-electron chi connectivity index (χ2n) is 6.30. The van der Waals surface area contributed by atoms with Crippen LogP contribution < -0.4 is 5.73 Å². The van der Waals surface area contributed by atoms with E-state index in [9.17, 15) is 13.6 Å².